The number of halogens is 4. The second-order valence-corrected chi connectivity index (χ2v) is 15.7. The molecule has 7 atom stereocenters. The van der Waals surface area contributed by atoms with Gasteiger partial charge in [0, 0.05) is 81.6 Å². The molecule has 1 saturated heterocycles. The number of aliphatic hydroxyl groups is 1. The zero-order valence-corrected chi connectivity index (χ0v) is 31.7. The largest absolute Gasteiger partial charge is 0.487 e. The van der Waals surface area contributed by atoms with Gasteiger partial charge in [0.25, 0.3) is 0 Å². The summed E-state index contributed by atoms with van der Waals surface area (Å²) in [7, 11) is 4.63. The first-order chi connectivity index (χ1) is 25.3. The second kappa shape index (κ2) is 16.5. The molecule has 1 aromatic rings. The number of amides is 2. The minimum atomic E-state index is -4.64. The molecule has 0 bridgehead atoms. The van der Waals surface area contributed by atoms with Crippen molar-refractivity contribution in [2.24, 2.45) is 17.3 Å². The summed E-state index contributed by atoms with van der Waals surface area (Å²) in [4.78, 5) is 31.5. The van der Waals surface area contributed by atoms with E-state index in [0.29, 0.717) is 55.8 Å². The van der Waals surface area contributed by atoms with Crippen LogP contribution in [-0.4, -0.2) is 111 Å². The molecule has 0 spiro atoms. The van der Waals surface area contributed by atoms with Crippen molar-refractivity contribution in [2.45, 2.75) is 102 Å². The predicted octanol–water partition coefficient (Wildman–Crippen LogP) is 4.86. The van der Waals surface area contributed by atoms with Crippen molar-refractivity contribution in [1.82, 2.24) is 25.8 Å². The van der Waals surface area contributed by atoms with Crippen molar-refractivity contribution in [3.8, 4) is 5.75 Å². The molecule has 3 N–H and O–H groups in total. The summed E-state index contributed by atoms with van der Waals surface area (Å²) in [5.74, 6) is -0.415. The van der Waals surface area contributed by atoms with Gasteiger partial charge in [0.15, 0.2) is 12.0 Å². The third-order valence-corrected chi connectivity index (χ3v) is 12.5. The highest BCUT2D eigenvalue weighted by molar-refractivity contribution is 6.31. The molecule has 4 unspecified atom stereocenters. The summed E-state index contributed by atoms with van der Waals surface area (Å²) in [5, 5.41) is 13.0. The number of rotatable bonds is 12. The molecule has 3 heterocycles. The fraction of sp³-hybridized carbons (Fsp3) is 0.730. The molecule has 1 aromatic carbocycles. The van der Waals surface area contributed by atoms with Crippen LogP contribution in [0, 0.1) is 17.3 Å². The lowest BCUT2D eigenvalue weighted by Crippen LogP contribution is -2.54. The number of hydrogen-bond acceptors (Lipinski definition) is 10. The van der Waals surface area contributed by atoms with Crippen LogP contribution in [0.4, 0.5) is 13.2 Å². The van der Waals surface area contributed by atoms with Gasteiger partial charge in [0.2, 0.25) is 11.8 Å². The SMILES string of the molecule is COC1CC[C@H](COC(O)[C@@]2(C)CCCC[C@H]2C(=O)N2CCc3c(Cl)ccc(OCC4=C(C(F)(F)F)N(C)NN4)c3C2CN2CCCC2=O)C(OC)C1. The van der Waals surface area contributed by atoms with E-state index in [1.165, 1.54) is 7.05 Å². The Morgan fingerprint density at radius 2 is 1.91 bits per heavy atom. The first-order valence-corrected chi connectivity index (χ1v) is 19.1. The van der Waals surface area contributed by atoms with Gasteiger partial charge in [-0.25, -0.2) is 0 Å². The number of methoxy groups -OCH3 is 2. The topological polar surface area (TPSA) is 125 Å². The van der Waals surface area contributed by atoms with Gasteiger partial charge in [-0.15, -0.1) is 5.53 Å². The minimum absolute atomic E-state index is 0.0292. The minimum Gasteiger partial charge on any atom is -0.487 e. The number of hydrazine groups is 2. The maximum atomic E-state index is 15.0. The number of fused-ring (bicyclic) bond motifs is 1. The van der Waals surface area contributed by atoms with E-state index in [9.17, 15) is 27.9 Å². The van der Waals surface area contributed by atoms with Crippen LogP contribution < -0.4 is 15.7 Å². The normalized spacial score (nSPS) is 30.1. The summed E-state index contributed by atoms with van der Waals surface area (Å²) in [6, 6.07) is 2.58. The van der Waals surface area contributed by atoms with E-state index < -0.39 is 42.1 Å². The molecule has 2 saturated carbocycles. The van der Waals surface area contributed by atoms with Crippen LogP contribution >= 0.6 is 11.6 Å². The van der Waals surface area contributed by atoms with Gasteiger partial charge in [-0.1, -0.05) is 31.4 Å². The molecule has 2 amide bonds. The van der Waals surface area contributed by atoms with Crippen LogP contribution in [0.3, 0.4) is 0 Å². The Morgan fingerprint density at radius 3 is 2.60 bits per heavy atom. The molecule has 0 radical (unpaired) electrons. The van der Waals surface area contributed by atoms with E-state index in [2.05, 4.69) is 11.0 Å². The van der Waals surface area contributed by atoms with Crippen LogP contribution in [-0.2, 0) is 30.2 Å². The molecule has 2 aliphatic carbocycles. The Hall–Kier alpha value is -2.82. The van der Waals surface area contributed by atoms with Crippen LogP contribution in [0.2, 0.25) is 5.02 Å². The van der Waals surface area contributed by atoms with E-state index in [0.717, 1.165) is 42.7 Å². The number of allylic oxidation sites excluding steroid dienone is 1. The van der Waals surface area contributed by atoms with Crippen molar-refractivity contribution < 1.29 is 46.8 Å². The van der Waals surface area contributed by atoms with E-state index in [4.69, 9.17) is 30.5 Å². The quantitative estimate of drug-likeness (QED) is 0.254. The van der Waals surface area contributed by atoms with Gasteiger partial charge in [0.1, 0.15) is 12.4 Å². The maximum absolute atomic E-state index is 15.0. The number of aliphatic hydroxyl groups excluding tert-OH is 1. The molecule has 12 nitrogen and oxygen atoms in total. The summed E-state index contributed by atoms with van der Waals surface area (Å²) >= 11 is 6.76. The number of hydrogen-bond donors (Lipinski definition) is 3. The third-order valence-electron chi connectivity index (χ3n) is 12.2. The number of nitrogens with one attached hydrogen (secondary N) is 2. The summed E-state index contributed by atoms with van der Waals surface area (Å²) in [6.45, 7) is 2.78. The molecule has 6 rings (SSSR count). The van der Waals surface area contributed by atoms with Gasteiger partial charge < -0.3 is 39.3 Å². The monoisotopic (exact) mass is 771 g/mol. The molecule has 3 fully saturated rings. The fourth-order valence-corrected chi connectivity index (χ4v) is 9.32. The molecule has 296 valence electrons. The second-order valence-electron chi connectivity index (χ2n) is 15.3. The van der Waals surface area contributed by atoms with Crippen molar-refractivity contribution in [3.05, 3.63) is 39.7 Å². The highest BCUT2D eigenvalue weighted by Gasteiger charge is 2.50. The van der Waals surface area contributed by atoms with Crippen LogP contribution in [0.1, 0.15) is 81.9 Å². The zero-order chi connectivity index (χ0) is 38.1. The summed E-state index contributed by atoms with van der Waals surface area (Å²) in [6.07, 6.45) is 0.881. The highest BCUT2D eigenvalue weighted by atomic mass is 35.5. The standard InChI is InChI=1S/C37H53ClF3N5O7/c1-36(35(49)53-20-22-10-11-23(50-3)18-30(22)51-4)15-6-5-8-25(36)34(48)46-17-14-24-26(38)12-13-29(32(24)28(46)19-45-16-7-9-31(45)47)52-21-27-33(37(39,40)41)44(2)43-42-27/h12-13,22-23,25,28,30,35,42-43,49H,5-11,14-21H2,1-4H3/t22-,23?,25+,28?,30?,35?,36+/m1/s1. The van der Waals surface area contributed by atoms with Crippen molar-refractivity contribution >= 4 is 23.4 Å². The Bertz CT molecular complexity index is 1530. The Morgan fingerprint density at radius 1 is 1.11 bits per heavy atom. The molecule has 5 aliphatic rings. The first-order valence-electron chi connectivity index (χ1n) is 18.7. The van der Waals surface area contributed by atoms with Gasteiger partial charge in [-0.3, -0.25) is 14.6 Å². The number of ether oxygens (including phenoxy) is 4. The van der Waals surface area contributed by atoms with E-state index in [1.807, 2.05) is 6.92 Å². The average Bonchev–Trinajstić information content (AvgIpc) is 3.73. The molecule has 0 aromatic heterocycles. The van der Waals surface area contributed by atoms with Crippen molar-refractivity contribution in [1.29, 1.82) is 0 Å². The first kappa shape index (κ1) is 39.9. The van der Waals surface area contributed by atoms with E-state index in [1.54, 1.807) is 36.2 Å². The number of nitrogens with zero attached hydrogens (tertiary/aromatic N) is 3. The highest BCUT2D eigenvalue weighted by Crippen LogP contribution is 2.48. The van der Waals surface area contributed by atoms with Gasteiger partial charge >= 0.3 is 6.18 Å². The number of alkyl halides is 3. The Balaban J connectivity index is 1.28. The molecular formula is C37H53ClF3N5O7. The smallest absolute Gasteiger partial charge is 0.434 e. The zero-order valence-electron chi connectivity index (χ0n) is 31.0. The van der Waals surface area contributed by atoms with Crippen LogP contribution in [0.15, 0.2) is 23.5 Å². The van der Waals surface area contributed by atoms with Crippen molar-refractivity contribution in [3.63, 3.8) is 0 Å². The van der Waals surface area contributed by atoms with Crippen LogP contribution in [0.5, 0.6) is 5.75 Å². The molecule has 3 aliphatic heterocycles. The summed E-state index contributed by atoms with van der Waals surface area (Å²) in [5.41, 5.74) is 4.32. The number of carbonyl (C=O) groups is 2. The predicted molar refractivity (Wildman–Crippen MR) is 189 cm³/mol. The fourth-order valence-electron chi connectivity index (χ4n) is 9.06. The van der Waals surface area contributed by atoms with Gasteiger partial charge in [-0.2, -0.15) is 13.2 Å². The average molecular weight is 772 g/mol. The maximum Gasteiger partial charge on any atom is 0.434 e. The van der Waals surface area contributed by atoms with Crippen molar-refractivity contribution in [2.75, 3.05) is 54.1 Å². The van der Waals surface area contributed by atoms with E-state index in [-0.39, 0.29) is 54.5 Å². The molecule has 53 heavy (non-hydrogen) atoms. The van der Waals surface area contributed by atoms with E-state index >= 15 is 0 Å². The number of benzene rings is 1. The van der Waals surface area contributed by atoms with Crippen LogP contribution in [0.25, 0.3) is 0 Å². The lowest BCUT2D eigenvalue weighted by atomic mass is 9.66. The lowest BCUT2D eigenvalue weighted by Gasteiger charge is -2.48. The number of likely N-dealkylation sites (tertiary alicyclic amines) is 1. The van der Waals surface area contributed by atoms with Gasteiger partial charge in [0.05, 0.1) is 30.6 Å². The molecule has 16 heteroatoms. The Labute approximate surface area is 314 Å². The van der Waals surface area contributed by atoms with Gasteiger partial charge in [-0.05, 0) is 56.2 Å². The third kappa shape index (κ3) is 8.25. The summed E-state index contributed by atoms with van der Waals surface area (Å²) < 4.78 is 65.4. The Kier molecular flexibility index (Phi) is 12.4. The molecular weight excluding hydrogens is 719 g/mol. The number of carbonyl (C=O) groups excluding carboxylic acids is 2. The lowest BCUT2D eigenvalue weighted by molar-refractivity contribution is -0.214.